The molecule has 116 valence electrons. The van der Waals surface area contributed by atoms with Gasteiger partial charge in [0.25, 0.3) is 11.5 Å². The Labute approximate surface area is 127 Å². The van der Waals surface area contributed by atoms with E-state index in [4.69, 9.17) is 4.52 Å². The molecule has 0 atom stereocenters. The van der Waals surface area contributed by atoms with Gasteiger partial charge < -0.3 is 14.8 Å². The van der Waals surface area contributed by atoms with Crippen LogP contribution in [0.3, 0.4) is 0 Å². The molecule has 1 aliphatic rings. The number of nitrogens with zero attached hydrogens (tertiary/aromatic N) is 1. The van der Waals surface area contributed by atoms with E-state index in [1.165, 1.54) is 0 Å². The minimum Gasteiger partial charge on any atom is -0.350 e. The number of carbonyl (C=O) groups excluding carboxylic acids is 1. The molecule has 0 saturated heterocycles. The summed E-state index contributed by atoms with van der Waals surface area (Å²) < 4.78 is 5.20. The monoisotopic (exact) mass is 301 g/mol. The average molecular weight is 301 g/mol. The molecule has 0 aliphatic heterocycles. The molecule has 0 unspecified atom stereocenters. The topological polar surface area (TPSA) is 88.0 Å². The first-order valence-corrected chi connectivity index (χ1v) is 7.51. The zero-order valence-electron chi connectivity index (χ0n) is 12.8. The lowest BCUT2D eigenvalue weighted by Gasteiger charge is -2.10. The fraction of sp³-hybridized carbons (Fsp3) is 0.438. The first-order chi connectivity index (χ1) is 10.6. The number of aromatic amines is 1. The van der Waals surface area contributed by atoms with Gasteiger partial charge in [-0.25, -0.2) is 0 Å². The summed E-state index contributed by atoms with van der Waals surface area (Å²) in [5.74, 6) is -0.0223. The Morgan fingerprint density at radius 3 is 2.91 bits per heavy atom. The third-order valence-electron chi connectivity index (χ3n) is 4.09. The maximum absolute atomic E-state index is 12.3. The summed E-state index contributed by atoms with van der Waals surface area (Å²) in [6.45, 7) is 3.87. The lowest BCUT2D eigenvalue weighted by atomic mass is 9.96. The zero-order valence-corrected chi connectivity index (χ0v) is 12.8. The van der Waals surface area contributed by atoms with Crippen LogP contribution >= 0.6 is 0 Å². The van der Waals surface area contributed by atoms with Crippen molar-refractivity contribution in [3.05, 3.63) is 50.3 Å². The molecule has 0 aromatic carbocycles. The number of hydrogen-bond acceptors (Lipinski definition) is 4. The quantitative estimate of drug-likeness (QED) is 0.904. The molecule has 0 saturated carbocycles. The van der Waals surface area contributed by atoms with Crippen LogP contribution in [0.2, 0.25) is 0 Å². The summed E-state index contributed by atoms with van der Waals surface area (Å²) in [5.41, 5.74) is 3.87. The standard InChI is InChI=1S/C16H19N3O3/c1-9-7-10(2)18-15(20)12(9)8-17-16(21)14-11-5-3-4-6-13(11)19-22-14/h7H,3-6,8H2,1-2H3,(H,17,21)(H,18,20). The van der Waals surface area contributed by atoms with Crippen LogP contribution in [0.4, 0.5) is 0 Å². The van der Waals surface area contributed by atoms with Crippen LogP contribution in [0.25, 0.3) is 0 Å². The zero-order chi connectivity index (χ0) is 15.7. The molecule has 2 aromatic rings. The summed E-state index contributed by atoms with van der Waals surface area (Å²) in [4.78, 5) is 27.0. The Balaban J connectivity index is 1.76. The smallest absolute Gasteiger partial charge is 0.290 e. The first-order valence-electron chi connectivity index (χ1n) is 7.51. The van der Waals surface area contributed by atoms with Crippen LogP contribution in [0.15, 0.2) is 15.4 Å². The number of aromatic nitrogens is 2. The van der Waals surface area contributed by atoms with Crippen LogP contribution < -0.4 is 10.9 Å². The molecule has 2 N–H and O–H groups in total. The number of hydrogen-bond donors (Lipinski definition) is 2. The van der Waals surface area contributed by atoms with E-state index in [1.807, 2.05) is 19.9 Å². The number of pyridine rings is 1. The minimum atomic E-state index is -0.310. The lowest BCUT2D eigenvalue weighted by Crippen LogP contribution is -2.28. The number of nitrogens with one attached hydrogen (secondary N) is 2. The van der Waals surface area contributed by atoms with Crippen molar-refractivity contribution in [2.45, 2.75) is 46.1 Å². The molecule has 6 heteroatoms. The number of amides is 1. The highest BCUT2D eigenvalue weighted by Gasteiger charge is 2.24. The van der Waals surface area contributed by atoms with E-state index in [1.54, 1.807) is 0 Å². The van der Waals surface area contributed by atoms with Gasteiger partial charge in [0, 0.05) is 23.4 Å². The van der Waals surface area contributed by atoms with Crippen LogP contribution in [0.1, 0.15) is 51.5 Å². The van der Waals surface area contributed by atoms with Crippen molar-refractivity contribution in [2.24, 2.45) is 0 Å². The van der Waals surface area contributed by atoms with E-state index in [9.17, 15) is 9.59 Å². The van der Waals surface area contributed by atoms with Crippen molar-refractivity contribution >= 4 is 5.91 Å². The second kappa shape index (κ2) is 5.79. The van der Waals surface area contributed by atoms with Crippen LogP contribution in [-0.2, 0) is 19.4 Å². The minimum absolute atomic E-state index is 0.169. The highest BCUT2D eigenvalue weighted by atomic mass is 16.5. The molecule has 0 spiro atoms. The summed E-state index contributed by atoms with van der Waals surface area (Å²) in [5, 5.41) is 6.74. The van der Waals surface area contributed by atoms with E-state index in [-0.39, 0.29) is 23.8 Å². The maximum atomic E-state index is 12.3. The summed E-state index contributed by atoms with van der Waals surface area (Å²) in [6.07, 6.45) is 3.82. The molecule has 0 bridgehead atoms. The number of carbonyl (C=O) groups is 1. The summed E-state index contributed by atoms with van der Waals surface area (Å²) >= 11 is 0. The molecule has 2 aromatic heterocycles. The van der Waals surface area contributed by atoms with Gasteiger partial charge in [0.2, 0.25) is 5.76 Å². The van der Waals surface area contributed by atoms with Crippen molar-refractivity contribution in [1.82, 2.24) is 15.5 Å². The van der Waals surface area contributed by atoms with Crippen molar-refractivity contribution in [2.75, 3.05) is 0 Å². The van der Waals surface area contributed by atoms with E-state index >= 15 is 0 Å². The second-order valence-corrected chi connectivity index (χ2v) is 5.77. The molecule has 22 heavy (non-hydrogen) atoms. The molecule has 1 amide bonds. The molecular formula is C16H19N3O3. The molecule has 2 heterocycles. The Morgan fingerprint density at radius 2 is 2.14 bits per heavy atom. The van der Waals surface area contributed by atoms with Crippen molar-refractivity contribution in [3.8, 4) is 0 Å². The fourth-order valence-electron chi connectivity index (χ4n) is 2.92. The van der Waals surface area contributed by atoms with Crippen LogP contribution in [0.5, 0.6) is 0 Å². The van der Waals surface area contributed by atoms with Gasteiger partial charge in [0.1, 0.15) is 0 Å². The molecule has 0 fully saturated rings. The summed E-state index contributed by atoms with van der Waals surface area (Å²) in [7, 11) is 0. The van der Waals surface area contributed by atoms with Crippen molar-refractivity contribution in [3.63, 3.8) is 0 Å². The molecule has 3 rings (SSSR count). The number of fused-ring (bicyclic) bond motifs is 1. The van der Waals surface area contributed by atoms with E-state index < -0.39 is 0 Å². The van der Waals surface area contributed by atoms with Gasteiger partial charge in [0.15, 0.2) is 0 Å². The number of H-pyrrole nitrogens is 1. The Hall–Kier alpha value is -2.37. The first kappa shape index (κ1) is 14.6. The Bertz CT molecular complexity index is 773. The molecule has 1 aliphatic carbocycles. The van der Waals surface area contributed by atoms with E-state index in [0.717, 1.165) is 48.2 Å². The fourth-order valence-corrected chi connectivity index (χ4v) is 2.92. The highest BCUT2D eigenvalue weighted by molar-refractivity contribution is 5.93. The van der Waals surface area contributed by atoms with E-state index in [2.05, 4.69) is 15.5 Å². The number of rotatable bonds is 3. The number of aryl methyl sites for hydroxylation is 3. The van der Waals surface area contributed by atoms with Crippen LogP contribution in [-0.4, -0.2) is 16.0 Å². The van der Waals surface area contributed by atoms with Gasteiger partial charge in [-0.05, 0) is 51.2 Å². The van der Waals surface area contributed by atoms with Gasteiger partial charge in [0.05, 0.1) is 5.69 Å². The van der Waals surface area contributed by atoms with E-state index in [0.29, 0.717) is 5.56 Å². The normalized spacial score (nSPS) is 13.7. The van der Waals surface area contributed by atoms with Crippen molar-refractivity contribution in [1.29, 1.82) is 0 Å². The maximum Gasteiger partial charge on any atom is 0.290 e. The molecular weight excluding hydrogens is 282 g/mol. The van der Waals surface area contributed by atoms with Gasteiger partial charge >= 0.3 is 0 Å². The third kappa shape index (κ3) is 2.68. The SMILES string of the molecule is Cc1cc(C)c(CNC(=O)c2onc3c2CCCC3)c(=O)[nH]1. The van der Waals surface area contributed by atoms with Crippen molar-refractivity contribution < 1.29 is 9.32 Å². The van der Waals surface area contributed by atoms with Gasteiger partial charge in [-0.1, -0.05) is 5.16 Å². The summed E-state index contributed by atoms with van der Waals surface area (Å²) in [6, 6.07) is 1.89. The highest BCUT2D eigenvalue weighted by Crippen LogP contribution is 2.23. The predicted octanol–water partition coefficient (Wildman–Crippen LogP) is 1.79. The third-order valence-corrected chi connectivity index (χ3v) is 4.09. The van der Waals surface area contributed by atoms with Gasteiger partial charge in [-0.15, -0.1) is 0 Å². The van der Waals surface area contributed by atoms with Gasteiger partial charge in [-0.2, -0.15) is 0 Å². The van der Waals surface area contributed by atoms with Crippen LogP contribution in [0, 0.1) is 13.8 Å². The molecule has 6 nitrogen and oxygen atoms in total. The predicted molar refractivity (Wildman–Crippen MR) is 80.9 cm³/mol. The Morgan fingerprint density at radius 1 is 1.36 bits per heavy atom. The second-order valence-electron chi connectivity index (χ2n) is 5.77. The largest absolute Gasteiger partial charge is 0.350 e. The molecule has 0 radical (unpaired) electrons. The average Bonchev–Trinajstić information content (AvgIpc) is 2.90. The van der Waals surface area contributed by atoms with Gasteiger partial charge in [-0.3, -0.25) is 9.59 Å². The Kier molecular flexibility index (Phi) is 3.83. The lowest BCUT2D eigenvalue weighted by molar-refractivity contribution is 0.0912.